The summed E-state index contributed by atoms with van der Waals surface area (Å²) in [6.45, 7) is 1.85. The van der Waals surface area contributed by atoms with Crippen LogP contribution in [0.15, 0.2) is 77.7 Å². The molecule has 5 nitrogen and oxygen atoms in total. The number of para-hydroxylation sites is 3. The van der Waals surface area contributed by atoms with Crippen molar-refractivity contribution in [3.63, 3.8) is 0 Å². The van der Waals surface area contributed by atoms with Gasteiger partial charge in [-0.15, -0.1) is 11.8 Å². The smallest absolute Gasteiger partial charge is 0.237 e. The Hall–Kier alpha value is -2.74. The summed E-state index contributed by atoms with van der Waals surface area (Å²) in [6, 6.07) is 22.4. The van der Waals surface area contributed by atoms with E-state index in [0.717, 1.165) is 16.3 Å². The number of carbonyl (C=O) groups excluding carboxylic acids is 1. The monoisotopic (exact) mass is 471 g/mol. The molecule has 8 heteroatoms. The van der Waals surface area contributed by atoms with Crippen LogP contribution in [-0.2, 0) is 4.79 Å². The lowest BCUT2D eigenvalue weighted by Gasteiger charge is -2.15. The zero-order valence-electron chi connectivity index (χ0n) is 17.0. The fourth-order valence-electron chi connectivity index (χ4n) is 2.73. The van der Waals surface area contributed by atoms with E-state index in [0.29, 0.717) is 21.6 Å². The predicted molar refractivity (Wildman–Crippen MR) is 135 cm³/mol. The molecule has 0 aliphatic carbocycles. The van der Waals surface area contributed by atoms with Crippen LogP contribution in [0.4, 0.5) is 17.1 Å². The van der Waals surface area contributed by atoms with E-state index in [2.05, 4.69) is 16.0 Å². The number of thiocarbonyl (C=S) groups is 1. The van der Waals surface area contributed by atoms with E-state index in [-0.39, 0.29) is 11.2 Å². The molecule has 1 unspecified atom stereocenters. The highest BCUT2D eigenvalue weighted by molar-refractivity contribution is 8.00. The first-order valence-corrected chi connectivity index (χ1v) is 11.2. The van der Waals surface area contributed by atoms with Gasteiger partial charge in [0.05, 0.1) is 28.8 Å². The van der Waals surface area contributed by atoms with Crippen molar-refractivity contribution in [2.75, 3.05) is 23.1 Å². The molecule has 3 aromatic carbocycles. The zero-order chi connectivity index (χ0) is 22.2. The Kier molecular flexibility index (Phi) is 8.17. The summed E-state index contributed by atoms with van der Waals surface area (Å²) >= 11 is 13.0. The topological polar surface area (TPSA) is 62.4 Å². The maximum atomic E-state index is 12.5. The standard InChI is InChI=1S/C23H22ClN3O2S2/c1-15(22(28)26-19-11-4-3-10-18(19)24)31-17-9-7-8-16(14-17)25-23(30)27-20-12-5-6-13-21(20)29-2/h3-15H,1-2H3,(H,26,28)(H2,25,27,30). The van der Waals surface area contributed by atoms with Crippen molar-refractivity contribution in [3.05, 3.63) is 77.8 Å². The first kappa shape index (κ1) is 22.9. The van der Waals surface area contributed by atoms with Crippen molar-refractivity contribution in [2.24, 2.45) is 0 Å². The molecule has 1 atom stereocenters. The van der Waals surface area contributed by atoms with Crippen LogP contribution in [0.2, 0.25) is 5.02 Å². The Labute approximate surface area is 196 Å². The lowest BCUT2D eigenvalue weighted by Crippen LogP contribution is -2.22. The Balaban J connectivity index is 1.60. The van der Waals surface area contributed by atoms with Crippen LogP contribution >= 0.6 is 35.6 Å². The van der Waals surface area contributed by atoms with E-state index in [1.165, 1.54) is 11.8 Å². The molecule has 0 aliphatic heterocycles. The van der Waals surface area contributed by atoms with Crippen LogP contribution in [0, 0.1) is 0 Å². The van der Waals surface area contributed by atoms with Crippen LogP contribution in [0.5, 0.6) is 5.75 Å². The van der Waals surface area contributed by atoms with E-state index in [9.17, 15) is 4.79 Å². The molecular formula is C23H22ClN3O2S2. The highest BCUT2D eigenvalue weighted by Crippen LogP contribution is 2.28. The SMILES string of the molecule is COc1ccccc1NC(=S)Nc1cccc(SC(C)C(=O)Nc2ccccc2Cl)c1. The zero-order valence-corrected chi connectivity index (χ0v) is 19.4. The predicted octanol–water partition coefficient (Wildman–Crippen LogP) is 6.28. The van der Waals surface area contributed by atoms with Crippen molar-refractivity contribution in [3.8, 4) is 5.75 Å². The number of carbonyl (C=O) groups is 1. The van der Waals surface area contributed by atoms with Gasteiger partial charge in [-0.2, -0.15) is 0 Å². The lowest BCUT2D eigenvalue weighted by molar-refractivity contribution is -0.115. The number of benzene rings is 3. The molecule has 0 bridgehead atoms. The number of nitrogens with one attached hydrogen (secondary N) is 3. The fourth-order valence-corrected chi connectivity index (χ4v) is 4.07. The van der Waals surface area contributed by atoms with Crippen molar-refractivity contribution in [1.82, 2.24) is 0 Å². The number of thioether (sulfide) groups is 1. The second-order valence-corrected chi connectivity index (χ2v) is 8.77. The van der Waals surface area contributed by atoms with Crippen LogP contribution in [-0.4, -0.2) is 23.4 Å². The van der Waals surface area contributed by atoms with E-state index in [4.69, 9.17) is 28.6 Å². The second-order valence-electron chi connectivity index (χ2n) is 6.54. The minimum atomic E-state index is -0.315. The van der Waals surface area contributed by atoms with Crippen LogP contribution in [0.25, 0.3) is 0 Å². The van der Waals surface area contributed by atoms with Crippen LogP contribution in [0.1, 0.15) is 6.92 Å². The summed E-state index contributed by atoms with van der Waals surface area (Å²) in [5.41, 5.74) is 2.19. The van der Waals surface area contributed by atoms with E-state index < -0.39 is 0 Å². The van der Waals surface area contributed by atoms with Gasteiger partial charge in [0.2, 0.25) is 5.91 Å². The van der Waals surface area contributed by atoms with Gasteiger partial charge < -0.3 is 20.7 Å². The van der Waals surface area contributed by atoms with Gasteiger partial charge in [0, 0.05) is 10.6 Å². The van der Waals surface area contributed by atoms with Crippen molar-refractivity contribution < 1.29 is 9.53 Å². The number of halogens is 1. The normalized spacial score (nSPS) is 11.3. The fraction of sp³-hybridized carbons (Fsp3) is 0.130. The first-order chi connectivity index (χ1) is 15.0. The largest absolute Gasteiger partial charge is 0.495 e. The average Bonchev–Trinajstić information content (AvgIpc) is 2.76. The Morgan fingerprint density at radius 3 is 2.42 bits per heavy atom. The minimum absolute atomic E-state index is 0.121. The number of hydrogen-bond acceptors (Lipinski definition) is 4. The van der Waals surface area contributed by atoms with E-state index in [1.807, 2.05) is 67.6 Å². The summed E-state index contributed by atoms with van der Waals surface area (Å²) in [5.74, 6) is 0.583. The van der Waals surface area contributed by atoms with Crippen LogP contribution < -0.4 is 20.7 Å². The third-order valence-corrected chi connectivity index (χ3v) is 5.89. The summed E-state index contributed by atoms with van der Waals surface area (Å²) in [4.78, 5) is 13.5. The molecule has 0 radical (unpaired) electrons. The molecule has 3 rings (SSSR count). The number of amides is 1. The van der Waals surface area contributed by atoms with Gasteiger partial charge in [0.25, 0.3) is 0 Å². The van der Waals surface area contributed by atoms with Crippen LogP contribution in [0.3, 0.4) is 0 Å². The van der Waals surface area contributed by atoms with Gasteiger partial charge in [-0.1, -0.05) is 41.9 Å². The van der Waals surface area contributed by atoms with Gasteiger partial charge >= 0.3 is 0 Å². The molecule has 31 heavy (non-hydrogen) atoms. The molecule has 0 saturated carbocycles. The quantitative estimate of drug-likeness (QED) is 0.278. The third-order valence-electron chi connectivity index (χ3n) is 4.26. The second kappa shape index (κ2) is 11.0. The Morgan fingerprint density at radius 1 is 0.968 bits per heavy atom. The molecular weight excluding hydrogens is 450 g/mol. The molecule has 0 aliphatic rings. The molecule has 3 N–H and O–H groups in total. The Bertz CT molecular complexity index is 1080. The maximum Gasteiger partial charge on any atom is 0.237 e. The highest BCUT2D eigenvalue weighted by atomic mass is 35.5. The Morgan fingerprint density at radius 2 is 1.68 bits per heavy atom. The molecule has 0 heterocycles. The van der Waals surface area contributed by atoms with Gasteiger partial charge in [-0.05, 0) is 61.6 Å². The number of rotatable bonds is 7. The van der Waals surface area contributed by atoms with E-state index in [1.54, 1.807) is 19.2 Å². The number of hydrogen-bond donors (Lipinski definition) is 3. The molecule has 0 saturated heterocycles. The summed E-state index contributed by atoms with van der Waals surface area (Å²) in [6.07, 6.45) is 0. The first-order valence-electron chi connectivity index (χ1n) is 9.49. The average molecular weight is 472 g/mol. The third kappa shape index (κ3) is 6.62. The van der Waals surface area contributed by atoms with Gasteiger partial charge in [0.1, 0.15) is 5.75 Å². The van der Waals surface area contributed by atoms with Crippen molar-refractivity contribution in [1.29, 1.82) is 0 Å². The lowest BCUT2D eigenvalue weighted by atomic mass is 10.3. The van der Waals surface area contributed by atoms with Crippen molar-refractivity contribution >= 4 is 63.7 Å². The molecule has 0 spiro atoms. The van der Waals surface area contributed by atoms with Gasteiger partial charge in [-0.3, -0.25) is 4.79 Å². The maximum absolute atomic E-state index is 12.5. The summed E-state index contributed by atoms with van der Waals surface area (Å²) in [5, 5.41) is 9.80. The molecule has 160 valence electrons. The number of ether oxygens (including phenoxy) is 1. The molecule has 3 aromatic rings. The van der Waals surface area contributed by atoms with Gasteiger partial charge in [0.15, 0.2) is 5.11 Å². The summed E-state index contributed by atoms with van der Waals surface area (Å²) in [7, 11) is 1.61. The highest BCUT2D eigenvalue weighted by Gasteiger charge is 2.16. The number of methoxy groups -OCH3 is 1. The van der Waals surface area contributed by atoms with E-state index >= 15 is 0 Å². The number of anilines is 3. The molecule has 0 fully saturated rings. The molecule has 0 aromatic heterocycles. The van der Waals surface area contributed by atoms with Crippen molar-refractivity contribution in [2.45, 2.75) is 17.1 Å². The molecule has 1 amide bonds. The van der Waals surface area contributed by atoms with Gasteiger partial charge in [-0.25, -0.2) is 0 Å². The summed E-state index contributed by atoms with van der Waals surface area (Å²) < 4.78 is 5.33. The minimum Gasteiger partial charge on any atom is -0.495 e.